The first-order valence-electron chi connectivity index (χ1n) is 5.96. The van der Waals surface area contributed by atoms with Crippen LogP contribution in [0.1, 0.15) is 18.2 Å². The van der Waals surface area contributed by atoms with E-state index in [9.17, 15) is 4.39 Å². The molecule has 0 atom stereocenters. The van der Waals surface area contributed by atoms with Gasteiger partial charge in [-0.2, -0.15) is 0 Å². The number of hydrogen-bond donors (Lipinski definition) is 1. The lowest BCUT2D eigenvalue weighted by Crippen LogP contribution is -2.02. The van der Waals surface area contributed by atoms with Crippen molar-refractivity contribution in [1.82, 2.24) is 9.97 Å². The maximum atomic E-state index is 13.2. The van der Waals surface area contributed by atoms with Crippen LogP contribution < -0.4 is 5.32 Å². The average molecular weight is 245 g/mol. The van der Waals surface area contributed by atoms with Gasteiger partial charge >= 0.3 is 0 Å². The summed E-state index contributed by atoms with van der Waals surface area (Å²) in [5.74, 6) is 1.20. The van der Waals surface area contributed by atoms with E-state index in [2.05, 4.69) is 15.3 Å². The maximum absolute atomic E-state index is 13.2. The zero-order valence-corrected chi connectivity index (χ0v) is 10.8. The van der Waals surface area contributed by atoms with E-state index < -0.39 is 0 Å². The minimum absolute atomic E-state index is 0.210. The van der Waals surface area contributed by atoms with Gasteiger partial charge < -0.3 is 5.32 Å². The fraction of sp³-hybridized carbons (Fsp3) is 0.286. The van der Waals surface area contributed by atoms with Gasteiger partial charge in [-0.15, -0.1) is 0 Å². The van der Waals surface area contributed by atoms with E-state index in [-0.39, 0.29) is 5.82 Å². The Balaban J connectivity index is 2.46. The van der Waals surface area contributed by atoms with Gasteiger partial charge in [-0.1, -0.05) is 0 Å². The number of aryl methyl sites for hydroxylation is 2. The lowest BCUT2D eigenvalue weighted by atomic mass is 10.1. The van der Waals surface area contributed by atoms with Crippen LogP contribution in [0, 0.1) is 19.7 Å². The molecule has 0 aliphatic carbocycles. The van der Waals surface area contributed by atoms with E-state index >= 15 is 0 Å². The van der Waals surface area contributed by atoms with Crippen molar-refractivity contribution in [2.24, 2.45) is 0 Å². The molecule has 0 aliphatic rings. The third kappa shape index (κ3) is 2.64. The van der Waals surface area contributed by atoms with Crippen molar-refractivity contribution in [1.29, 1.82) is 0 Å². The summed E-state index contributed by atoms with van der Waals surface area (Å²) in [7, 11) is 0. The minimum Gasteiger partial charge on any atom is -0.370 e. The lowest BCUT2D eigenvalue weighted by molar-refractivity contribution is 0.618. The topological polar surface area (TPSA) is 37.8 Å². The van der Waals surface area contributed by atoms with Gasteiger partial charge in [0.05, 0.1) is 0 Å². The first-order chi connectivity index (χ1) is 8.60. The first kappa shape index (κ1) is 12.5. The summed E-state index contributed by atoms with van der Waals surface area (Å²) >= 11 is 0. The summed E-state index contributed by atoms with van der Waals surface area (Å²) in [6, 6.07) is 6.80. The van der Waals surface area contributed by atoms with Crippen LogP contribution in [0.5, 0.6) is 0 Å². The molecule has 1 aromatic heterocycles. The van der Waals surface area contributed by atoms with Gasteiger partial charge in [0.2, 0.25) is 0 Å². The summed E-state index contributed by atoms with van der Waals surface area (Å²) in [4.78, 5) is 8.80. The highest BCUT2D eigenvalue weighted by molar-refractivity contribution is 5.58. The van der Waals surface area contributed by atoms with Crippen molar-refractivity contribution in [2.45, 2.75) is 20.8 Å². The second-order valence-corrected chi connectivity index (χ2v) is 4.21. The molecule has 94 valence electrons. The molecule has 1 heterocycles. The first-order valence-corrected chi connectivity index (χ1v) is 5.96. The molecular weight excluding hydrogens is 229 g/mol. The molecule has 1 N–H and O–H groups in total. The molecule has 0 unspecified atom stereocenters. The summed E-state index contributed by atoms with van der Waals surface area (Å²) in [6.45, 7) is 6.47. The molecule has 18 heavy (non-hydrogen) atoms. The van der Waals surface area contributed by atoms with Gasteiger partial charge in [-0.25, -0.2) is 14.4 Å². The number of anilines is 1. The van der Waals surface area contributed by atoms with Crippen molar-refractivity contribution < 1.29 is 4.39 Å². The second-order valence-electron chi connectivity index (χ2n) is 4.21. The number of nitrogens with zero attached hydrogens (tertiary/aromatic N) is 2. The van der Waals surface area contributed by atoms with E-state index in [1.165, 1.54) is 6.07 Å². The van der Waals surface area contributed by atoms with Crippen molar-refractivity contribution in [3.63, 3.8) is 0 Å². The lowest BCUT2D eigenvalue weighted by Gasteiger charge is -2.07. The molecule has 2 rings (SSSR count). The standard InChI is InChI=1S/C14H16FN3/c1-4-16-13-8-10(3)17-14(18-13)11-5-6-12(15)9(2)7-11/h5-8H,4H2,1-3H3,(H,16,17,18). The molecule has 1 aromatic carbocycles. The Morgan fingerprint density at radius 2 is 1.94 bits per heavy atom. The largest absolute Gasteiger partial charge is 0.370 e. The molecule has 2 aromatic rings. The Morgan fingerprint density at radius 3 is 2.61 bits per heavy atom. The van der Waals surface area contributed by atoms with Crippen LogP contribution in [0.15, 0.2) is 24.3 Å². The molecule has 0 amide bonds. The fourth-order valence-electron chi connectivity index (χ4n) is 1.75. The average Bonchev–Trinajstić information content (AvgIpc) is 2.32. The number of nitrogens with one attached hydrogen (secondary N) is 1. The summed E-state index contributed by atoms with van der Waals surface area (Å²) in [6.07, 6.45) is 0. The summed E-state index contributed by atoms with van der Waals surface area (Å²) < 4.78 is 13.2. The Hall–Kier alpha value is -1.97. The molecule has 0 spiro atoms. The SMILES string of the molecule is CCNc1cc(C)nc(-c2ccc(F)c(C)c2)n1. The number of aromatic nitrogens is 2. The number of benzene rings is 1. The second kappa shape index (κ2) is 5.12. The van der Waals surface area contributed by atoms with Crippen LogP contribution in [-0.4, -0.2) is 16.5 Å². The molecular formula is C14H16FN3. The molecule has 4 heteroatoms. The summed E-state index contributed by atoms with van der Waals surface area (Å²) in [5.41, 5.74) is 2.32. The fourth-order valence-corrected chi connectivity index (χ4v) is 1.75. The van der Waals surface area contributed by atoms with Crippen molar-refractivity contribution in [2.75, 3.05) is 11.9 Å². The Morgan fingerprint density at radius 1 is 1.17 bits per heavy atom. The van der Waals surface area contributed by atoms with Crippen LogP contribution in [0.25, 0.3) is 11.4 Å². The van der Waals surface area contributed by atoms with Crippen molar-refractivity contribution in [3.8, 4) is 11.4 Å². The Kier molecular flexibility index (Phi) is 3.55. The van der Waals surface area contributed by atoms with Crippen molar-refractivity contribution in [3.05, 3.63) is 41.3 Å². The zero-order chi connectivity index (χ0) is 13.1. The third-order valence-corrected chi connectivity index (χ3v) is 2.63. The van der Waals surface area contributed by atoms with Gasteiger partial charge in [0.25, 0.3) is 0 Å². The molecule has 0 bridgehead atoms. The van der Waals surface area contributed by atoms with E-state index in [1.807, 2.05) is 19.9 Å². The predicted octanol–water partition coefficient (Wildman–Crippen LogP) is 3.33. The van der Waals surface area contributed by atoms with Crippen LogP contribution in [0.3, 0.4) is 0 Å². The number of halogens is 1. The van der Waals surface area contributed by atoms with Gasteiger partial charge in [0.1, 0.15) is 11.6 Å². The van der Waals surface area contributed by atoms with Gasteiger partial charge in [-0.3, -0.25) is 0 Å². The van der Waals surface area contributed by atoms with Crippen molar-refractivity contribution >= 4 is 5.82 Å². The van der Waals surface area contributed by atoms with Crippen LogP contribution >= 0.6 is 0 Å². The van der Waals surface area contributed by atoms with E-state index in [0.29, 0.717) is 11.4 Å². The zero-order valence-electron chi connectivity index (χ0n) is 10.8. The molecule has 0 aliphatic heterocycles. The molecule has 3 nitrogen and oxygen atoms in total. The quantitative estimate of drug-likeness (QED) is 0.901. The van der Waals surface area contributed by atoms with E-state index in [1.54, 1.807) is 19.1 Å². The highest BCUT2D eigenvalue weighted by Gasteiger charge is 2.06. The monoisotopic (exact) mass is 245 g/mol. The number of rotatable bonds is 3. The van der Waals surface area contributed by atoms with E-state index in [4.69, 9.17) is 0 Å². The van der Waals surface area contributed by atoms with E-state index in [0.717, 1.165) is 23.6 Å². The normalized spacial score (nSPS) is 10.4. The van der Waals surface area contributed by atoms with Crippen LogP contribution in [-0.2, 0) is 0 Å². The summed E-state index contributed by atoms with van der Waals surface area (Å²) in [5, 5.41) is 3.16. The van der Waals surface area contributed by atoms with Crippen LogP contribution in [0.4, 0.5) is 10.2 Å². The van der Waals surface area contributed by atoms with Gasteiger partial charge in [-0.05, 0) is 44.5 Å². The Labute approximate surface area is 106 Å². The molecule has 0 saturated carbocycles. The molecule has 0 radical (unpaired) electrons. The molecule has 0 fully saturated rings. The van der Waals surface area contributed by atoms with Gasteiger partial charge in [0, 0.05) is 23.9 Å². The maximum Gasteiger partial charge on any atom is 0.161 e. The smallest absolute Gasteiger partial charge is 0.161 e. The molecule has 0 saturated heterocycles. The predicted molar refractivity (Wildman–Crippen MR) is 71.1 cm³/mol. The number of hydrogen-bond acceptors (Lipinski definition) is 3. The Bertz CT molecular complexity index is 567. The van der Waals surface area contributed by atoms with Crippen LogP contribution in [0.2, 0.25) is 0 Å². The minimum atomic E-state index is -0.210. The van der Waals surface area contributed by atoms with Gasteiger partial charge in [0.15, 0.2) is 5.82 Å². The highest BCUT2D eigenvalue weighted by Crippen LogP contribution is 2.20. The highest BCUT2D eigenvalue weighted by atomic mass is 19.1. The third-order valence-electron chi connectivity index (χ3n) is 2.63.